The molecule has 0 radical (unpaired) electrons. The number of rotatable bonds is 10. The third-order valence-electron chi connectivity index (χ3n) is 8.54. The summed E-state index contributed by atoms with van der Waals surface area (Å²) < 4.78 is 109. The minimum Gasteiger partial charge on any atom is -0.349 e. The third kappa shape index (κ3) is 7.60. The molecular formula is C29H33F8N7O2. The van der Waals surface area contributed by atoms with Gasteiger partial charge in [0.25, 0.3) is 5.91 Å². The Bertz CT molecular complexity index is 1540. The van der Waals surface area contributed by atoms with Crippen LogP contribution in [0, 0.1) is 17.8 Å². The Labute approximate surface area is 258 Å². The van der Waals surface area contributed by atoms with Gasteiger partial charge in [-0.2, -0.15) is 36.5 Å². The zero-order valence-corrected chi connectivity index (χ0v) is 24.9. The summed E-state index contributed by atoms with van der Waals surface area (Å²) in [6.45, 7) is 3.69. The van der Waals surface area contributed by atoms with Gasteiger partial charge in [0.15, 0.2) is 11.6 Å². The summed E-state index contributed by atoms with van der Waals surface area (Å²) in [5.41, 5.74) is 1.15. The van der Waals surface area contributed by atoms with Crippen LogP contribution in [0.5, 0.6) is 0 Å². The van der Waals surface area contributed by atoms with Crippen LogP contribution in [0.4, 0.5) is 35.1 Å². The molecule has 2 saturated carbocycles. The summed E-state index contributed by atoms with van der Waals surface area (Å²) in [6, 6.07) is 1.22. The number of nitrogens with one attached hydrogen (secondary N) is 2. The Kier molecular flexibility index (Phi) is 9.07. The highest BCUT2D eigenvalue weighted by Crippen LogP contribution is 2.44. The summed E-state index contributed by atoms with van der Waals surface area (Å²) in [5, 5.41) is 13.7. The average molecular weight is 664 g/mol. The molecule has 2 atom stereocenters. The smallest absolute Gasteiger partial charge is 0.349 e. The normalized spacial score (nSPS) is 19.0. The number of amides is 2. The van der Waals surface area contributed by atoms with Crippen LogP contribution >= 0.6 is 0 Å². The van der Waals surface area contributed by atoms with Gasteiger partial charge in [0.05, 0.1) is 30.2 Å². The number of nitrogens with zero attached hydrogens (tertiary/aromatic N) is 5. The summed E-state index contributed by atoms with van der Waals surface area (Å²) in [5.74, 6) is -9.12. The third-order valence-corrected chi connectivity index (χ3v) is 8.54. The Hall–Kier alpha value is -3.79. The van der Waals surface area contributed by atoms with E-state index in [1.54, 1.807) is 0 Å². The lowest BCUT2D eigenvalue weighted by atomic mass is 9.81. The van der Waals surface area contributed by atoms with Crippen LogP contribution in [0.2, 0.25) is 0 Å². The van der Waals surface area contributed by atoms with Crippen molar-refractivity contribution in [3.05, 3.63) is 47.7 Å². The summed E-state index contributed by atoms with van der Waals surface area (Å²) in [6.07, 6.45) is -8.09. The van der Waals surface area contributed by atoms with Crippen molar-refractivity contribution in [1.82, 2.24) is 35.0 Å². The van der Waals surface area contributed by atoms with E-state index in [0.29, 0.717) is 24.1 Å². The topological polar surface area (TPSA) is 106 Å². The Balaban J connectivity index is 1.41. The minimum absolute atomic E-state index is 0.112. The van der Waals surface area contributed by atoms with Gasteiger partial charge in [-0.1, -0.05) is 0 Å². The molecule has 3 aromatic rings. The van der Waals surface area contributed by atoms with Crippen molar-refractivity contribution in [2.45, 2.75) is 95.2 Å². The van der Waals surface area contributed by atoms with Crippen molar-refractivity contribution in [2.75, 3.05) is 0 Å². The lowest BCUT2D eigenvalue weighted by Crippen LogP contribution is -2.41. The van der Waals surface area contributed by atoms with Crippen molar-refractivity contribution < 1.29 is 44.7 Å². The first-order valence-corrected chi connectivity index (χ1v) is 14.9. The Morgan fingerprint density at radius 3 is 2.17 bits per heavy atom. The van der Waals surface area contributed by atoms with Crippen LogP contribution < -0.4 is 10.6 Å². The summed E-state index contributed by atoms with van der Waals surface area (Å²) in [7, 11) is 0. The van der Waals surface area contributed by atoms with Crippen LogP contribution in [0.1, 0.15) is 98.7 Å². The van der Waals surface area contributed by atoms with E-state index in [9.17, 15) is 44.7 Å². The second-order valence-corrected chi connectivity index (χ2v) is 12.4. The molecule has 0 spiro atoms. The SMILES string of the molecule is CC(C)n1nccc1C(=O)N[C@H](c1cn2ncc([C@@H](NC(=O)CC(C(F)(F)F)C(F)(F)F)C3CC3)cc2n1)C1CCC(F)(F)CC1. The van der Waals surface area contributed by atoms with E-state index >= 15 is 0 Å². The van der Waals surface area contributed by atoms with Gasteiger partial charge in [0.2, 0.25) is 11.8 Å². The molecular weight excluding hydrogens is 630 g/mol. The van der Waals surface area contributed by atoms with E-state index in [1.807, 2.05) is 13.8 Å². The minimum atomic E-state index is -5.65. The van der Waals surface area contributed by atoms with E-state index in [4.69, 9.17) is 0 Å². The van der Waals surface area contributed by atoms with Crippen molar-refractivity contribution >= 4 is 17.5 Å². The number of hydrogen-bond acceptors (Lipinski definition) is 5. The number of aromatic nitrogens is 5. The van der Waals surface area contributed by atoms with Gasteiger partial charge < -0.3 is 10.6 Å². The van der Waals surface area contributed by atoms with E-state index in [-0.39, 0.29) is 49.0 Å². The average Bonchev–Trinajstić information content (AvgIpc) is 3.50. The van der Waals surface area contributed by atoms with Gasteiger partial charge in [-0.3, -0.25) is 14.3 Å². The molecule has 252 valence electrons. The van der Waals surface area contributed by atoms with E-state index in [1.165, 1.54) is 39.9 Å². The Morgan fingerprint density at radius 1 is 0.957 bits per heavy atom. The highest BCUT2D eigenvalue weighted by Gasteiger charge is 2.57. The monoisotopic (exact) mass is 663 g/mol. The number of carbonyl (C=O) groups excluding carboxylic acids is 2. The summed E-state index contributed by atoms with van der Waals surface area (Å²) >= 11 is 0. The summed E-state index contributed by atoms with van der Waals surface area (Å²) in [4.78, 5) is 30.4. The van der Waals surface area contributed by atoms with Gasteiger partial charge in [0, 0.05) is 31.5 Å². The first-order chi connectivity index (χ1) is 21.4. The molecule has 0 saturated heterocycles. The largest absolute Gasteiger partial charge is 0.400 e. The first-order valence-electron chi connectivity index (χ1n) is 14.9. The van der Waals surface area contributed by atoms with Crippen LogP contribution in [-0.2, 0) is 4.79 Å². The van der Waals surface area contributed by atoms with Crippen LogP contribution in [0.25, 0.3) is 5.65 Å². The first kappa shape index (κ1) is 33.6. The molecule has 5 rings (SSSR count). The predicted molar refractivity (Wildman–Crippen MR) is 147 cm³/mol. The molecule has 9 nitrogen and oxygen atoms in total. The molecule has 2 aliphatic rings. The number of hydrogen-bond donors (Lipinski definition) is 2. The van der Waals surface area contributed by atoms with Crippen molar-refractivity contribution in [3.8, 4) is 0 Å². The van der Waals surface area contributed by atoms with Crippen LogP contribution in [-0.4, -0.2) is 54.5 Å². The lowest BCUT2D eigenvalue weighted by molar-refractivity contribution is -0.284. The quantitative estimate of drug-likeness (QED) is 0.241. The van der Waals surface area contributed by atoms with Gasteiger partial charge in [-0.15, -0.1) is 0 Å². The second kappa shape index (κ2) is 12.4. The molecule has 2 aliphatic carbocycles. The second-order valence-electron chi connectivity index (χ2n) is 12.4. The van der Waals surface area contributed by atoms with Gasteiger partial charge in [-0.05, 0) is 69.1 Å². The van der Waals surface area contributed by atoms with Gasteiger partial charge >= 0.3 is 12.4 Å². The number of carbonyl (C=O) groups is 2. The molecule has 0 aliphatic heterocycles. The number of fused-ring (bicyclic) bond motifs is 1. The number of halogens is 8. The van der Waals surface area contributed by atoms with Crippen molar-refractivity contribution in [1.29, 1.82) is 0 Å². The van der Waals surface area contributed by atoms with Gasteiger partial charge in [-0.25, -0.2) is 18.3 Å². The lowest BCUT2D eigenvalue weighted by Gasteiger charge is -2.33. The maximum absolute atomic E-state index is 14.0. The molecule has 2 amide bonds. The fourth-order valence-corrected chi connectivity index (χ4v) is 5.92. The predicted octanol–water partition coefficient (Wildman–Crippen LogP) is 6.50. The maximum atomic E-state index is 14.0. The number of alkyl halides is 8. The molecule has 0 aromatic carbocycles. The standard InChI is InChI=1S/C29H33F8N7O2/c1-15(2)44-20(7-10-38-44)26(46)42-25(17-5-8-27(30,31)9-6-17)19-14-43-22(40-19)11-18(13-39-43)24(16-3-4-16)41-23(45)12-21(28(32,33)34)29(35,36)37/h7,10-11,13-17,21,24-25H,3-6,8-9,12H2,1-2H3,(H,41,45)(H,42,46)/t24-,25-/m0/s1. The zero-order valence-electron chi connectivity index (χ0n) is 24.9. The van der Waals surface area contributed by atoms with Crippen LogP contribution in [0.3, 0.4) is 0 Å². The fourth-order valence-electron chi connectivity index (χ4n) is 5.92. The molecule has 2 fully saturated rings. The fraction of sp³-hybridized carbons (Fsp3) is 0.621. The van der Waals surface area contributed by atoms with Gasteiger partial charge in [0.1, 0.15) is 5.69 Å². The van der Waals surface area contributed by atoms with Crippen LogP contribution in [0.15, 0.2) is 30.7 Å². The maximum Gasteiger partial charge on any atom is 0.400 e. The van der Waals surface area contributed by atoms with E-state index < -0.39 is 60.4 Å². The molecule has 17 heteroatoms. The molecule has 3 heterocycles. The van der Waals surface area contributed by atoms with Crippen molar-refractivity contribution in [3.63, 3.8) is 0 Å². The molecule has 0 bridgehead atoms. The highest BCUT2D eigenvalue weighted by atomic mass is 19.4. The van der Waals surface area contributed by atoms with Crippen molar-refractivity contribution in [2.24, 2.45) is 17.8 Å². The molecule has 2 N–H and O–H groups in total. The highest BCUT2D eigenvalue weighted by molar-refractivity contribution is 5.92. The Morgan fingerprint density at radius 2 is 1.59 bits per heavy atom. The molecule has 46 heavy (non-hydrogen) atoms. The zero-order chi connectivity index (χ0) is 33.6. The number of imidazole rings is 1. The van der Waals surface area contributed by atoms with E-state index in [2.05, 4.69) is 25.8 Å². The molecule has 3 aromatic heterocycles. The van der Waals surface area contributed by atoms with E-state index in [0.717, 1.165) is 0 Å². The molecule has 0 unspecified atom stereocenters.